The van der Waals surface area contributed by atoms with E-state index in [1.807, 2.05) is 31.2 Å². The lowest BCUT2D eigenvalue weighted by molar-refractivity contribution is -0.138. The molecule has 1 atom stereocenters. The van der Waals surface area contributed by atoms with Gasteiger partial charge >= 0.3 is 5.97 Å². The molecule has 0 aliphatic carbocycles. The molecular weight excluding hydrogens is 266 g/mol. The second-order valence-corrected chi connectivity index (χ2v) is 5.76. The van der Waals surface area contributed by atoms with Crippen molar-refractivity contribution in [2.45, 2.75) is 39.7 Å². The molecule has 1 aromatic carbocycles. The maximum atomic E-state index is 11.6. The predicted molar refractivity (Wildman–Crippen MR) is 80.1 cm³/mol. The number of carbonyl (C=O) groups is 1. The zero-order valence-electron chi connectivity index (χ0n) is 12.7. The van der Waals surface area contributed by atoms with Crippen molar-refractivity contribution in [3.63, 3.8) is 0 Å². The molecule has 1 N–H and O–H groups in total. The quantitative estimate of drug-likeness (QED) is 0.887. The van der Waals surface area contributed by atoms with Gasteiger partial charge in [-0.05, 0) is 18.4 Å². The fourth-order valence-electron chi connectivity index (χ4n) is 2.27. The zero-order chi connectivity index (χ0) is 15.4. The van der Waals surface area contributed by atoms with E-state index in [1.165, 1.54) is 6.33 Å². The lowest BCUT2D eigenvalue weighted by Gasteiger charge is -2.14. The van der Waals surface area contributed by atoms with Crippen LogP contribution >= 0.6 is 0 Å². The van der Waals surface area contributed by atoms with Gasteiger partial charge in [0.15, 0.2) is 0 Å². The molecule has 21 heavy (non-hydrogen) atoms. The lowest BCUT2D eigenvalue weighted by atomic mass is 9.94. The van der Waals surface area contributed by atoms with Crippen molar-refractivity contribution in [3.05, 3.63) is 47.5 Å². The summed E-state index contributed by atoms with van der Waals surface area (Å²) in [5.41, 5.74) is 1.91. The molecule has 0 fully saturated rings. The number of hydrogen-bond acceptors (Lipinski definition) is 3. The van der Waals surface area contributed by atoms with Crippen molar-refractivity contribution in [1.29, 1.82) is 0 Å². The van der Waals surface area contributed by atoms with Gasteiger partial charge in [-0.2, -0.15) is 5.10 Å². The Hall–Kier alpha value is -2.17. The van der Waals surface area contributed by atoms with Gasteiger partial charge in [0.1, 0.15) is 12.2 Å². The number of aliphatic carboxylic acids is 1. The van der Waals surface area contributed by atoms with E-state index < -0.39 is 11.9 Å². The molecule has 0 saturated carbocycles. The highest BCUT2D eigenvalue weighted by atomic mass is 16.4. The Bertz CT molecular complexity index is 602. The third-order valence-corrected chi connectivity index (χ3v) is 3.40. The summed E-state index contributed by atoms with van der Waals surface area (Å²) in [4.78, 5) is 15.8. The van der Waals surface area contributed by atoms with Gasteiger partial charge in [-0.15, -0.1) is 0 Å². The van der Waals surface area contributed by atoms with Crippen molar-refractivity contribution in [1.82, 2.24) is 14.8 Å². The second-order valence-electron chi connectivity index (χ2n) is 5.76. The molecule has 0 amide bonds. The average molecular weight is 287 g/mol. The van der Waals surface area contributed by atoms with Gasteiger partial charge in [-0.25, -0.2) is 9.67 Å². The summed E-state index contributed by atoms with van der Waals surface area (Å²) >= 11 is 0. The number of hydrogen-bond donors (Lipinski definition) is 1. The molecular formula is C16H21N3O2. The molecule has 5 nitrogen and oxygen atoms in total. The van der Waals surface area contributed by atoms with Crippen molar-refractivity contribution in [2.24, 2.45) is 5.92 Å². The van der Waals surface area contributed by atoms with E-state index in [9.17, 15) is 9.90 Å². The summed E-state index contributed by atoms with van der Waals surface area (Å²) < 4.78 is 1.80. The van der Waals surface area contributed by atoms with Crippen LogP contribution in [0.1, 0.15) is 36.7 Å². The van der Waals surface area contributed by atoms with Crippen molar-refractivity contribution in [3.8, 4) is 0 Å². The predicted octanol–water partition coefficient (Wildman–Crippen LogP) is 2.65. The van der Waals surface area contributed by atoms with Crippen LogP contribution in [-0.4, -0.2) is 25.8 Å². The first-order valence-electron chi connectivity index (χ1n) is 7.13. The van der Waals surface area contributed by atoms with Gasteiger partial charge in [0, 0.05) is 13.0 Å². The van der Waals surface area contributed by atoms with E-state index >= 15 is 0 Å². The normalized spacial score (nSPS) is 12.6. The molecule has 0 bridgehead atoms. The summed E-state index contributed by atoms with van der Waals surface area (Å²) in [6.07, 6.45) is 1.84. The fraction of sp³-hybridized carbons (Fsp3) is 0.438. The van der Waals surface area contributed by atoms with E-state index in [4.69, 9.17) is 0 Å². The minimum absolute atomic E-state index is 0.352. The molecule has 1 unspecified atom stereocenters. The maximum absolute atomic E-state index is 11.6. The SMILES string of the molecule is Cc1ccc(C(Cc2ncnn2CC(C)C)C(=O)O)cc1. The standard InChI is InChI=1S/C16H21N3O2/c1-11(2)9-19-15(17-10-18-19)8-14(16(20)21)13-6-4-12(3)5-7-13/h4-7,10-11,14H,8-9H2,1-3H3,(H,20,21). The number of aromatic nitrogens is 3. The number of benzene rings is 1. The number of rotatable bonds is 6. The smallest absolute Gasteiger partial charge is 0.311 e. The van der Waals surface area contributed by atoms with Crippen LogP contribution in [0.5, 0.6) is 0 Å². The minimum Gasteiger partial charge on any atom is -0.481 e. The molecule has 5 heteroatoms. The van der Waals surface area contributed by atoms with Gasteiger partial charge in [0.2, 0.25) is 0 Å². The van der Waals surface area contributed by atoms with E-state index in [0.29, 0.717) is 12.3 Å². The van der Waals surface area contributed by atoms with Gasteiger partial charge < -0.3 is 5.11 Å². The van der Waals surface area contributed by atoms with Crippen LogP contribution in [0.15, 0.2) is 30.6 Å². The van der Waals surface area contributed by atoms with Gasteiger partial charge in [0.25, 0.3) is 0 Å². The Balaban J connectivity index is 2.23. The Morgan fingerprint density at radius 2 is 1.95 bits per heavy atom. The number of carboxylic acid groups (broad SMARTS) is 1. The summed E-state index contributed by atoms with van der Waals surface area (Å²) in [7, 11) is 0. The monoisotopic (exact) mass is 287 g/mol. The molecule has 0 spiro atoms. The largest absolute Gasteiger partial charge is 0.481 e. The summed E-state index contributed by atoms with van der Waals surface area (Å²) in [6.45, 7) is 6.93. The van der Waals surface area contributed by atoms with Gasteiger partial charge in [-0.3, -0.25) is 4.79 Å². The Morgan fingerprint density at radius 3 is 2.52 bits per heavy atom. The van der Waals surface area contributed by atoms with Crippen LogP contribution in [0, 0.1) is 12.8 Å². The van der Waals surface area contributed by atoms with Crippen molar-refractivity contribution in [2.75, 3.05) is 0 Å². The van der Waals surface area contributed by atoms with Crippen LogP contribution in [0.4, 0.5) is 0 Å². The average Bonchev–Trinajstić information content (AvgIpc) is 2.83. The molecule has 0 aliphatic rings. The van der Waals surface area contributed by atoms with Crippen LogP contribution in [0.3, 0.4) is 0 Å². The molecule has 1 heterocycles. The molecule has 0 aliphatic heterocycles. The number of aryl methyl sites for hydroxylation is 1. The molecule has 1 aromatic heterocycles. The fourth-order valence-corrected chi connectivity index (χ4v) is 2.27. The number of carboxylic acids is 1. The molecule has 0 saturated heterocycles. The van der Waals surface area contributed by atoms with E-state index in [2.05, 4.69) is 23.9 Å². The first-order valence-corrected chi connectivity index (χ1v) is 7.13. The van der Waals surface area contributed by atoms with Crippen LogP contribution in [0.25, 0.3) is 0 Å². The highest BCUT2D eigenvalue weighted by Gasteiger charge is 2.23. The summed E-state index contributed by atoms with van der Waals surface area (Å²) in [5, 5.41) is 13.7. The van der Waals surface area contributed by atoms with Gasteiger partial charge in [0.05, 0.1) is 5.92 Å². The minimum atomic E-state index is -0.835. The first-order chi connectivity index (χ1) is 9.97. The van der Waals surface area contributed by atoms with E-state index in [1.54, 1.807) is 4.68 Å². The van der Waals surface area contributed by atoms with Gasteiger partial charge in [-0.1, -0.05) is 43.7 Å². The third kappa shape index (κ3) is 3.90. The molecule has 0 radical (unpaired) electrons. The molecule has 2 aromatic rings. The zero-order valence-corrected chi connectivity index (χ0v) is 12.7. The van der Waals surface area contributed by atoms with Crippen molar-refractivity contribution < 1.29 is 9.90 Å². The van der Waals surface area contributed by atoms with Crippen molar-refractivity contribution >= 4 is 5.97 Å². The topological polar surface area (TPSA) is 68.0 Å². The van der Waals surface area contributed by atoms with E-state index in [-0.39, 0.29) is 0 Å². The summed E-state index contributed by atoms with van der Waals surface area (Å²) in [6, 6.07) is 7.61. The highest BCUT2D eigenvalue weighted by Crippen LogP contribution is 2.21. The number of nitrogens with zero attached hydrogens (tertiary/aromatic N) is 3. The molecule has 112 valence electrons. The van der Waals surface area contributed by atoms with E-state index in [0.717, 1.165) is 23.5 Å². The Morgan fingerprint density at radius 1 is 1.29 bits per heavy atom. The maximum Gasteiger partial charge on any atom is 0.311 e. The van der Waals surface area contributed by atoms with Crippen LogP contribution < -0.4 is 0 Å². The third-order valence-electron chi connectivity index (χ3n) is 3.40. The molecule has 2 rings (SSSR count). The second kappa shape index (κ2) is 6.52. The summed E-state index contributed by atoms with van der Waals surface area (Å²) in [5.74, 6) is -0.275. The Kier molecular flexibility index (Phi) is 4.73. The first kappa shape index (κ1) is 15.2. The van der Waals surface area contributed by atoms with Crippen LogP contribution in [0.2, 0.25) is 0 Å². The van der Waals surface area contributed by atoms with Crippen LogP contribution in [-0.2, 0) is 17.8 Å². The Labute approximate surface area is 124 Å². The lowest BCUT2D eigenvalue weighted by Crippen LogP contribution is -2.18. The highest BCUT2D eigenvalue weighted by molar-refractivity contribution is 5.76.